The van der Waals surface area contributed by atoms with E-state index in [4.69, 9.17) is 0 Å². The van der Waals surface area contributed by atoms with Gasteiger partial charge in [-0.25, -0.2) is 0 Å². The fraction of sp³-hybridized carbons (Fsp3) is 0.833. The predicted octanol–water partition coefficient (Wildman–Crippen LogP) is 3.94. The van der Waals surface area contributed by atoms with E-state index in [1.807, 2.05) is 0 Å². The monoisotopic (exact) mass is 440 g/mol. The third kappa shape index (κ3) is 3.17. The number of amides is 2. The molecule has 2 N–H and O–H groups in total. The Balaban J connectivity index is 1.04. The Labute approximate surface area is 187 Å². The second-order valence-electron chi connectivity index (χ2n) is 12.2. The summed E-state index contributed by atoms with van der Waals surface area (Å²) in [6, 6.07) is 0. The quantitative estimate of drug-likeness (QED) is 0.743. The number of carbonyl (C=O) groups is 2. The Morgan fingerprint density at radius 2 is 0.903 bits per heavy atom. The minimum absolute atomic E-state index is 0.0425. The Morgan fingerprint density at radius 1 is 0.613 bits per heavy atom. The van der Waals surface area contributed by atoms with Crippen molar-refractivity contribution in [2.75, 3.05) is 0 Å². The van der Waals surface area contributed by atoms with Crippen molar-refractivity contribution in [1.29, 1.82) is 0 Å². The lowest BCUT2D eigenvalue weighted by Crippen LogP contribution is -2.59. The zero-order chi connectivity index (χ0) is 20.8. The summed E-state index contributed by atoms with van der Waals surface area (Å²) in [5, 5.41) is 15.6. The van der Waals surface area contributed by atoms with Crippen LogP contribution in [0.3, 0.4) is 0 Å². The zero-order valence-corrected chi connectivity index (χ0v) is 18.9. The van der Waals surface area contributed by atoms with E-state index < -0.39 is 0 Å². The first kappa shape index (κ1) is 19.0. The molecule has 8 saturated carbocycles. The van der Waals surface area contributed by atoms with Gasteiger partial charge in [0.15, 0.2) is 0 Å². The lowest BCUT2D eigenvalue weighted by atomic mass is 9.53. The summed E-state index contributed by atoms with van der Waals surface area (Å²) in [5.41, 5.74) is -0.0851. The standard InChI is InChI=1S/C24H32N4O2S/c29-19(25-23-7-13-1-14(8-23)3-15(2-13)9-23)21-27-28-22(31-21)20(30)26-24-10-16-4-17(11-24)6-18(5-16)12-24/h13-18H,1-12H2,(H,25,29)(H,26,30). The van der Waals surface area contributed by atoms with Gasteiger partial charge in [0.2, 0.25) is 10.0 Å². The van der Waals surface area contributed by atoms with Crippen molar-refractivity contribution in [2.45, 2.75) is 88.1 Å². The van der Waals surface area contributed by atoms with Crippen molar-refractivity contribution in [3.8, 4) is 0 Å². The van der Waals surface area contributed by atoms with Gasteiger partial charge in [-0.2, -0.15) is 0 Å². The zero-order valence-electron chi connectivity index (χ0n) is 18.1. The third-order valence-corrected chi connectivity index (χ3v) is 10.6. The number of nitrogens with one attached hydrogen (secondary N) is 2. The molecule has 0 radical (unpaired) electrons. The van der Waals surface area contributed by atoms with Crippen molar-refractivity contribution in [2.24, 2.45) is 35.5 Å². The minimum atomic E-state index is -0.131. The molecule has 1 heterocycles. The summed E-state index contributed by atoms with van der Waals surface area (Å²) < 4.78 is 0. The van der Waals surface area contributed by atoms with Crippen LogP contribution < -0.4 is 10.6 Å². The predicted molar refractivity (Wildman–Crippen MR) is 117 cm³/mol. The van der Waals surface area contributed by atoms with Crippen LogP contribution in [0.15, 0.2) is 0 Å². The van der Waals surface area contributed by atoms with Crippen LogP contribution in [0.1, 0.15) is 96.7 Å². The van der Waals surface area contributed by atoms with E-state index >= 15 is 0 Å². The highest BCUT2D eigenvalue weighted by molar-refractivity contribution is 7.15. The second-order valence-corrected chi connectivity index (χ2v) is 13.2. The molecule has 6 nitrogen and oxygen atoms in total. The molecule has 7 heteroatoms. The van der Waals surface area contributed by atoms with Crippen LogP contribution in [0.2, 0.25) is 0 Å². The van der Waals surface area contributed by atoms with Gasteiger partial charge in [-0.1, -0.05) is 11.3 Å². The molecule has 2 amide bonds. The third-order valence-electron chi connectivity index (χ3n) is 9.65. The summed E-state index contributed by atoms with van der Waals surface area (Å²) >= 11 is 1.16. The molecule has 8 aliphatic carbocycles. The maximum absolute atomic E-state index is 13.0. The van der Waals surface area contributed by atoms with Gasteiger partial charge in [0, 0.05) is 11.1 Å². The van der Waals surface area contributed by atoms with Gasteiger partial charge in [0.1, 0.15) is 0 Å². The van der Waals surface area contributed by atoms with E-state index in [2.05, 4.69) is 20.8 Å². The van der Waals surface area contributed by atoms with E-state index in [1.54, 1.807) is 0 Å². The minimum Gasteiger partial charge on any atom is -0.344 e. The molecule has 0 unspecified atom stereocenters. The molecule has 0 saturated heterocycles. The fourth-order valence-electron chi connectivity index (χ4n) is 9.52. The molecule has 166 valence electrons. The van der Waals surface area contributed by atoms with Gasteiger partial charge in [-0.15, -0.1) is 10.2 Å². The molecule has 31 heavy (non-hydrogen) atoms. The molecule has 1 aromatic rings. The van der Waals surface area contributed by atoms with Crippen LogP contribution in [-0.4, -0.2) is 33.1 Å². The fourth-order valence-corrected chi connectivity index (χ4v) is 10.2. The van der Waals surface area contributed by atoms with Crippen molar-refractivity contribution < 1.29 is 9.59 Å². The van der Waals surface area contributed by atoms with Gasteiger partial charge < -0.3 is 10.6 Å². The molecule has 9 rings (SSSR count). The van der Waals surface area contributed by atoms with Crippen LogP contribution in [-0.2, 0) is 0 Å². The van der Waals surface area contributed by atoms with E-state index in [-0.39, 0.29) is 22.9 Å². The normalized spacial score (nSPS) is 46.3. The maximum Gasteiger partial charge on any atom is 0.282 e. The summed E-state index contributed by atoms with van der Waals surface area (Å²) in [6.45, 7) is 0. The Kier molecular flexibility index (Phi) is 4.00. The lowest BCUT2D eigenvalue weighted by Gasteiger charge is -2.56. The van der Waals surface area contributed by atoms with Crippen LogP contribution in [0.4, 0.5) is 0 Å². The molecule has 8 aliphatic rings. The molecule has 0 spiro atoms. The number of nitrogens with zero attached hydrogens (tertiary/aromatic N) is 2. The van der Waals surface area contributed by atoms with E-state index in [0.29, 0.717) is 10.0 Å². The molecule has 0 aliphatic heterocycles. The summed E-state index contributed by atoms with van der Waals surface area (Å²) in [4.78, 5) is 26.1. The first-order valence-electron chi connectivity index (χ1n) is 12.4. The maximum atomic E-state index is 13.0. The van der Waals surface area contributed by atoms with E-state index in [1.165, 1.54) is 38.5 Å². The van der Waals surface area contributed by atoms with Gasteiger partial charge in [0.25, 0.3) is 11.8 Å². The molecule has 8 bridgehead atoms. The van der Waals surface area contributed by atoms with Crippen LogP contribution in [0.5, 0.6) is 0 Å². The largest absolute Gasteiger partial charge is 0.344 e. The average Bonchev–Trinajstić information content (AvgIpc) is 3.15. The molecule has 8 fully saturated rings. The SMILES string of the molecule is O=C(NC12CC3CC(CC(C3)C1)C2)c1nnc(C(=O)NC23CC4CC(CC(C4)C2)C3)s1. The summed E-state index contributed by atoms with van der Waals surface area (Å²) in [7, 11) is 0. The Hall–Kier alpha value is -1.50. The molecule has 1 aromatic heterocycles. The topological polar surface area (TPSA) is 84.0 Å². The van der Waals surface area contributed by atoms with E-state index in [0.717, 1.165) is 85.4 Å². The molecular weight excluding hydrogens is 408 g/mol. The first-order chi connectivity index (χ1) is 14.9. The summed E-state index contributed by atoms with van der Waals surface area (Å²) in [5.74, 6) is 4.42. The Bertz CT molecular complexity index is 797. The van der Waals surface area contributed by atoms with E-state index in [9.17, 15) is 9.59 Å². The number of hydrogen-bond donors (Lipinski definition) is 2. The van der Waals surface area contributed by atoms with Gasteiger partial charge in [-0.05, 0) is 113 Å². The second kappa shape index (κ2) is 6.52. The number of aromatic nitrogens is 2. The molecule has 0 aromatic carbocycles. The Morgan fingerprint density at radius 3 is 1.19 bits per heavy atom. The van der Waals surface area contributed by atoms with Crippen LogP contribution >= 0.6 is 11.3 Å². The van der Waals surface area contributed by atoms with Crippen LogP contribution in [0, 0.1) is 35.5 Å². The lowest BCUT2D eigenvalue weighted by molar-refractivity contribution is -0.0171. The summed E-state index contributed by atoms with van der Waals surface area (Å²) in [6.07, 6.45) is 14.8. The van der Waals surface area contributed by atoms with Crippen molar-refractivity contribution in [3.05, 3.63) is 10.0 Å². The number of rotatable bonds is 4. The van der Waals surface area contributed by atoms with Gasteiger partial charge in [0.05, 0.1) is 0 Å². The highest BCUT2D eigenvalue weighted by atomic mass is 32.1. The first-order valence-corrected chi connectivity index (χ1v) is 13.2. The van der Waals surface area contributed by atoms with Gasteiger partial charge >= 0.3 is 0 Å². The number of hydrogen-bond acceptors (Lipinski definition) is 5. The smallest absolute Gasteiger partial charge is 0.282 e. The van der Waals surface area contributed by atoms with Crippen molar-refractivity contribution in [3.63, 3.8) is 0 Å². The molecular formula is C24H32N4O2S. The van der Waals surface area contributed by atoms with Gasteiger partial charge in [-0.3, -0.25) is 9.59 Å². The average molecular weight is 441 g/mol. The van der Waals surface area contributed by atoms with Crippen molar-refractivity contribution >= 4 is 23.2 Å². The highest BCUT2D eigenvalue weighted by Crippen LogP contribution is 2.56. The van der Waals surface area contributed by atoms with Crippen LogP contribution in [0.25, 0.3) is 0 Å². The highest BCUT2D eigenvalue weighted by Gasteiger charge is 2.53. The molecule has 0 atom stereocenters. The number of carbonyl (C=O) groups excluding carboxylic acids is 2. The van der Waals surface area contributed by atoms with Crippen molar-refractivity contribution in [1.82, 2.24) is 20.8 Å².